The highest BCUT2D eigenvalue weighted by molar-refractivity contribution is 9.10. The van der Waals surface area contributed by atoms with Gasteiger partial charge in [0.2, 0.25) is 11.7 Å². The van der Waals surface area contributed by atoms with Gasteiger partial charge in [-0.3, -0.25) is 0 Å². The van der Waals surface area contributed by atoms with Crippen molar-refractivity contribution in [2.75, 3.05) is 0 Å². The molecule has 0 aliphatic heterocycles. The zero-order valence-corrected chi connectivity index (χ0v) is 12.2. The minimum absolute atomic E-state index is 0.266. The number of rotatable bonds is 5. The van der Waals surface area contributed by atoms with E-state index in [1.807, 2.05) is 0 Å². The van der Waals surface area contributed by atoms with Gasteiger partial charge in [0.25, 0.3) is 0 Å². The Labute approximate surface area is 119 Å². The summed E-state index contributed by atoms with van der Waals surface area (Å²) in [5.41, 5.74) is 6.51. The maximum atomic E-state index is 13.3. The first-order valence-electron chi connectivity index (χ1n) is 6.15. The molecule has 1 heterocycles. The third-order valence-corrected chi connectivity index (χ3v) is 3.21. The highest BCUT2D eigenvalue weighted by atomic mass is 79.9. The average molecular weight is 328 g/mol. The van der Waals surface area contributed by atoms with Crippen molar-refractivity contribution in [1.29, 1.82) is 0 Å². The van der Waals surface area contributed by atoms with Gasteiger partial charge in [0.1, 0.15) is 5.82 Å². The first kappa shape index (κ1) is 14.1. The van der Waals surface area contributed by atoms with Gasteiger partial charge in [-0.15, -0.1) is 0 Å². The first-order valence-corrected chi connectivity index (χ1v) is 6.95. The molecule has 4 nitrogen and oxygen atoms in total. The molecule has 0 fully saturated rings. The van der Waals surface area contributed by atoms with Gasteiger partial charge in [-0.05, 0) is 24.6 Å². The fourth-order valence-electron chi connectivity index (χ4n) is 1.73. The molecule has 0 saturated carbocycles. The van der Waals surface area contributed by atoms with Crippen molar-refractivity contribution >= 4 is 15.9 Å². The monoisotopic (exact) mass is 327 g/mol. The van der Waals surface area contributed by atoms with Crippen LogP contribution >= 0.6 is 15.9 Å². The van der Waals surface area contributed by atoms with Crippen LogP contribution in [0.25, 0.3) is 11.4 Å². The predicted molar refractivity (Wildman–Crippen MR) is 73.8 cm³/mol. The Hall–Kier alpha value is -1.27. The Morgan fingerprint density at radius 2 is 2.21 bits per heavy atom. The normalized spacial score (nSPS) is 12.6. The number of halogens is 2. The van der Waals surface area contributed by atoms with E-state index in [0.29, 0.717) is 21.8 Å². The van der Waals surface area contributed by atoms with Crippen LogP contribution < -0.4 is 5.73 Å². The summed E-state index contributed by atoms with van der Waals surface area (Å²) in [4.78, 5) is 4.23. The number of unbranched alkanes of at least 4 members (excludes halogenated alkanes) is 1. The minimum Gasteiger partial charge on any atom is -0.337 e. The first-order chi connectivity index (χ1) is 9.10. The molecule has 2 rings (SSSR count). The van der Waals surface area contributed by atoms with Crippen LogP contribution in [0.5, 0.6) is 0 Å². The molecule has 0 saturated heterocycles. The van der Waals surface area contributed by atoms with Crippen molar-refractivity contribution in [3.05, 3.63) is 34.4 Å². The number of hydrogen-bond acceptors (Lipinski definition) is 4. The lowest BCUT2D eigenvalue weighted by Gasteiger charge is -2.03. The topological polar surface area (TPSA) is 64.9 Å². The molecule has 0 bridgehead atoms. The van der Waals surface area contributed by atoms with Crippen molar-refractivity contribution in [2.24, 2.45) is 5.73 Å². The molecule has 1 aromatic carbocycles. The molecule has 1 aromatic heterocycles. The van der Waals surface area contributed by atoms with E-state index in [0.717, 1.165) is 19.3 Å². The summed E-state index contributed by atoms with van der Waals surface area (Å²) in [5.74, 6) is 0.386. The molecule has 0 amide bonds. The minimum atomic E-state index is -0.356. The Bertz CT molecular complexity index is 538. The number of nitrogens with zero attached hydrogens (tertiary/aromatic N) is 2. The smallest absolute Gasteiger partial charge is 0.243 e. The quantitative estimate of drug-likeness (QED) is 0.906. The fourth-order valence-corrected chi connectivity index (χ4v) is 2.20. The van der Waals surface area contributed by atoms with Crippen molar-refractivity contribution in [1.82, 2.24) is 10.1 Å². The summed E-state index contributed by atoms with van der Waals surface area (Å²) < 4.78 is 19.1. The van der Waals surface area contributed by atoms with E-state index in [1.54, 1.807) is 6.07 Å². The van der Waals surface area contributed by atoms with Crippen LogP contribution in [0.15, 0.2) is 27.2 Å². The van der Waals surface area contributed by atoms with Gasteiger partial charge in [-0.25, -0.2) is 4.39 Å². The fraction of sp³-hybridized carbons (Fsp3) is 0.385. The Morgan fingerprint density at radius 1 is 1.42 bits per heavy atom. The number of aromatic nitrogens is 2. The highest BCUT2D eigenvalue weighted by Gasteiger charge is 2.15. The zero-order valence-electron chi connectivity index (χ0n) is 10.6. The Morgan fingerprint density at radius 3 is 2.89 bits per heavy atom. The van der Waals surface area contributed by atoms with E-state index in [2.05, 4.69) is 33.0 Å². The van der Waals surface area contributed by atoms with Crippen LogP contribution in [-0.2, 0) is 0 Å². The lowest BCUT2D eigenvalue weighted by atomic mass is 10.1. The third-order valence-electron chi connectivity index (χ3n) is 2.75. The van der Waals surface area contributed by atoms with Gasteiger partial charge in [-0.1, -0.05) is 40.9 Å². The lowest BCUT2D eigenvalue weighted by Crippen LogP contribution is -2.10. The van der Waals surface area contributed by atoms with E-state index >= 15 is 0 Å². The van der Waals surface area contributed by atoms with Gasteiger partial charge in [0.15, 0.2) is 0 Å². The third kappa shape index (κ3) is 3.61. The SMILES string of the molecule is CCCCC(N)c1nc(-c2cc(F)cc(Br)c2)no1. The molecular weight excluding hydrogens is 313 g/mol. The van der Waals surface area contributed by atoms with E-state index in [9.17, 15) is 4.39 Å². The highest BCUT2D eigenvalue weighted by Crippen LogP contribution is 2.24. The molecule has 19 heavy (non-hydrogen) atoms. The molecular formula is C13H15BrFN3O. The standard InChI is InChI=1S/C13H15BrFN3O/c1-2-3-4-11(16)13-17-12(18-19-13)8-5-9(14)7-10(15)6-8/h5-7,11H,2-4,16H2,1H3. The molecule has 0 aliphatic rings. The number of hydrogen-bond donors (Lipinski definition) is 1. The molecule has 0 aliphatic carbocycles. The van der Waals surface area contributed by atoms with Crippen molar-refractivity contribution in [2.45, 2.75) is 32.2 Å². The van der Waals surface area contributed by atoms with Crippen LogP contribution in [0.3, 0.4) is 0 Å². The van der Waals surface area contributed by atoms with Crippen molar-refractivity contribution < 1.29 is 8.91 Å². The predicted octanol–water partition coefficient (Wildman–Crippen LogP) is 3.83. The van der Waals surface area contributed by atoms with E-state index < -0.39 is 0 Å². The second-order valence-electron chi connectivity index (χ2n) is 4.36. The van der Waals surface area contributed by atoms with E-state index in [1.165, 1.54) is 12.1 Å². The second kappa shape index (κ2) is 6.25. The molecule has 1 atom stereocenters. The number of benzene rings is 1. The number of nitrogens with two attached hydrogens (primary N) is 1. The van der Waals surface area contributed by atoms with Gasteiger partial charge in [-0.2, -0.15) is 4.98 Å². The van der Waals surface area contributed by atoms with Gasteiger partial charge >= 0.3 is 0 Å². The summed E-state index contributed by atoms with van der Waals surface area (Å²) in [6.45, 7) is 2.09. The lowest BCUT2D eigenvalue weighted by molar-refractivity contribution is 0.346. The molecule has 0 radical (unpaired) electrons. The van der Waals surface area contributed by atoms with Crippen LogP contribution in [0.1, 0.15) is 38.1 Å². The Kier molecular flexibility index (Phi) is 4.66. The van der Waals surface area contributed by atoms with Crippen molar-refractivity contribution in [3.63, 3.8) is 0 Å². The van der Waals surface area contributed by atoms with E-state index in [4.69, 9.17) is 10.3 Å². The molecule has 1 unspecified atom stereocenters. The van der Waals surface area contributed by atoms with Gasteiger partial charge < -0.3 is 10.3 Å². The van der Waals surface area contributed by atoms with Crippen LogP contribution in [0.4, 0.5) is 4.39 Å². The summed E-state index contributed by atoms with van der Waals surface area (Å²) >= 11 is 3.23. The molecule has 0 spiro atoms. The summed E-state index contributed by atoms with van der Waals surface area (Å²) in [6, 6.07) is 4.20. The second-order valence-corrected chi connectivity index (χ2v) is 5.28. The van der Waals surface area contributed by atoms with Gasteiger partial charge in [0.05, 0.1) is 6.04 Å². The largest absolute Gasteiger partial charge is 0.337 e. The maximum absolute atomic E-state index is 13.3. The Balaban J connectivity index is 2.20. The maximum Gasteiger partial charge on any atom is 0.243 e. The van der Waals surface area contributed by atoms with E-state index in [-0.39, 0.29) is 11.9 Å². The van der Waals surface area contributed by atoms with Gasteiger partial charge in [0, 0.05) is 10.0 Å². The molecule has 2 N–H and O–H groups in total. The van der Waals surface area contributed by atoms with Crippen molar-refractivity contribution in [3.8, 4) is 11.4 Å². The zero-order chi connectivity index (χ0) is 13.8. The summed E-state index contributed by atoms with van der Waals surface area (Å²) in [5, 5.41) is 3.84. The van der Waals surface area contributed by atoms with Crippen LogP contribution in [-0.4, -0.2) is 10.1 Å². The molecule has 102 valence electrons. The summed E-state index contributed by atoms with van der Waals surface area (Å²) in [6.07, 6.45) is 2.86. The summed E-state index contributed by atoms with van der Waals surface area (Å²) in [7, 11) is 0. The average Bonchev–Trinajstić information content (AvgIpc) is 2.84. The van der Waals surface area contributed by atoms with Crippen LogP contribution in [0, 0.1) is 5.82 Å². The molecule has 2 aromatic rings. The molecule has 6 heteroatoms. The van der Waals surface area contributed by atoms with Crippen LogP contribution in [0.2, 0.25) is 0 Å².